The molecule has 23 heavy (non-hydrogen) atoms. The van der Waals surface area contributed by atoms with Crippen LogP contribution in [0.2, 0.25) is 0 Å². The molecule has 2 unspecified atom stereocenters. The molecule has 0 bridgehead atoms. The lowest BCUT2D eigenvalue weighted by molar-refractivity contribution is -0.125. The van der Waals surface area contributed by atoms with E-state index in [0.717, 1.165) is 16.7 Å². The van der Waals surface area contributed by atoms with Gasteiger partial charge in [-0.15, -0.1) is 12.4 Å². The summed E-state index contributed by atoms with van der Waals surface area (Å²) in [5.41, 5.74) is 8.90. The van der Waals surface area contributed by atoms with E-state index < -0.39 is 0 Å². The van der Waals surface area contributed by atoms with E-state index in [-0.39, 0.29) is 36.9 Å². The number of nitrogens with one attached hydrogen (secondary N) is 1. The topological polar surface area (TPSA) is 75.3 Å². The van der Waals surface area contributed by atoms with Crippen LogP contribution < -0.4 is 11.1 Å². The van der Waals surface area contributed by atoms with E-state index in [1.165, 1.54) is 0 Å². The van der Waals surface area contributed by atoms with Gasteiger partial charge in [0.25, 0.3) is 0 Å². The van der Waals surface area contributed by atoms with Gasteiger partial charge < -0.3 is 16.2 Å². The molecule has 0 aromatic heterocycles. The Hall–Kier alpha value is -1.88. The van der Waals surface area contributed by atoms with Crippen molar-refractivity contribution >= 4 is 18.3 Å². The minimum absolute atomic E-state index is 0. The Morgan fingerprint density at radius 3 is 2.43 bits per heavy atom. The molecule has 2 aromatic carbocycles. The number of halogens is 1. The van der Waals surface area contributed by atoms with Gasteiger partial charge in [-0.25, -0.2) is 0 Å². The van der Waals surface area contributed by atoms with Crippen molar-refractivity contribution < 1.29 is 9.90 Å². The first kappa shape index (κ1) is 19.2. The van der Waals surface area contributed by atoms with E-state index in [4.69, 9.17) is 10.8 Å². The van der Waals surface area contributed by atoms with Crippen LogP contribution in [0.25, 0.3) is 0 Å². The zero-order valence-electron chi connectivity index (χ0n) is 13.1. The first-order valence-electron chi connectivity index (χ1n) is 7.38. The van der Waals surface area contributed by atoms with Crippen LogP contribution in [0.1, 0.15) is 29.7 Å². The molecule has 2 rings (SSSR count). The van der Waals surface area contributed by atoms with Crippen molar-refractivity contribution in [2.75, 3.05) is 0 Å². The van der Waals surface area contributed by atoms with Crippen molar-refractivity contribution in [2.24, 2.45) is 11.7 Å². The van der Waals surface area contributed by atoms with Crippen molar-refractivity contribution in [3.05, 3.63) is 71.3 Å². The number of hydrogen-bond acceptors (Lipinski definition) is 3. The summed E-state index contributed by atoms with van der Waals surface area (Å²) in [6, 6.07) is 16.8. The van der Waals surface area contributed by atoms with Gasteiger partial charge in [-0.1, -0.05) is 61.5 Å². The first-order chi connectivity index (χ1) is 10.6. The number of hydrogen-bond donors (Lipinski definition) is 3. The van der Waals surface area contributed by atoms with E-state index in [1.807, 2.05) is 61.5 Å². The Kier molecular flexibility index (Phi) is 7.75. The molecule has 0 radical (unpaired) electrons. The highest BCUT2D eigenvalue weighted by molar-refractivity contribution is 5.85. The molecule has 0 saturated carbocycles. The van der Waals surface area contributed by atoms with Crippen LogP contribution in [-0.4, -0.2) is 11.0 Å². The van der Waals surface area contributed by atoms with Crippen LogP contribution >= 0.6 is 12.4 Å². The summed E-state index contributed by atoms with van der Waals surface area (Å²) in [5, 5.41) is 12.0. The van der Waals surface area contributed by atoms with Crippen molar-refractivity contribution in [3.8, 4) is 0 Å². The van der Waals surface area contributed by atoms with Crippen LogP contribution in [0.5, 0.6) is 0 Å². The molecule has 2 aromatic rings. The molecule has 4 nitrogen and oxygen atoms in total. The van der Waals surface area contributed by atoms with Crippen LogP contribution in [-0.2, 0) is 17.9 Å². The highest BCUT2D eigenvalue weighted by Gasteiger charge is 2.21. The van der Waals surface area contributed by atoms with E-state index in [0.29, 0.717) is 6.54 Å². The molecule has 2 atom stereocenters. The SMILES string of the molecule is CC(C(=O)NCc1cccc(CO)c1)C(N)c1ccccc1.Cl. The van der Waals surface area contributed by atoms with Crippen molar-refractivity contribution in [3.63, 3.8) is 0 Å². The number of amides is 1. The summed E-state index contributed by atoms with van der Waals surface area (Å²) in [7, 11) is 0. The average Bonchev–Trinajstić information content (AvgIpc) is 2.59. The molecule has 0 aliphatic carbocycles. The van der Waals surface area contributed by atoms with Gasteiger partial charge in [-0.2, -0.15) is 0 Å². The fraction of sp³-hybridized carbons (Fsp3) is 0.278. The molecule has 5 heteroatoms. The number of carbonyl (C=O) groups is 1. The second kappa shape index (κ2) is 9.30. The number of nitrogens with two attached hydrogens (primary N) is 1. The van der Waals surface area contributed by atoms with Gasteiger partial charge >= 0.3 is 0 Å². The van der Waals surface area contributed by atoms with E-state index in [2.05, 4.69) is 5.32 Å². The average molecular weight is 335 g/mol. The van der Waals surface area contributed by atoms with Crippen LogP contribution in [0, 0.1) is 5.92 Å². The van der Waals surface area contributed by atoms with Crippen LogP contribution in [0.4, 0.5) is 0 Å². The van der Waals surface area contributed by atoms with Gasteiger partial charge in [0.15, 0.2) is 0 Å². The van der Waals surface area contributed by atoms with Gasteiger partial charge in [0.1, 0.15) is 0 Å². The summed E-state index contributed by atoms with van der Waals surface area (Å²) < 4.78 is 0. The molecule has 0 aliphatic heterocycles. The first-order valence-corrected chi connectivity index (χ1v) is 7.38. The third kappa shape index (κ3) is 5.36. The molecule has 0 heterocycles. The summed E-state index contributed by atoms with van der Waals surface area (Å²) in [6.45, 7) is 2.26. The molecule has 0 fully saturated rings. The predicted molar refractivity (Wildman–Crippen MR) is 94.0 cm³/mol. The zero-order chi connectivity index (χ0) is 15.9. The number of aliphatic hydroxyl groups excluding tert-OH is 1. The highest BCUT2D eigenvalue weighted by atomic mass is 35.5. The number of aliphatic hydroxyl groups is 1. The summed E-state index contributed by atoms with van der Waals surface area (Å²) in [5.74, 6) is -0.394. The van der Waals surface area contributed by atoms with Crippen LogP contribution in [0.3, 0.4) is 0 Å². The van der Waals surface area contributed by atoms with Crippen molar-refractivity contribution in [1.29, 1.82) is 0 Å². The molecule has 124 valence electrons. The molecule has 0 saturated heterocycles. The van der Waals surface area contributed by atoms with Gasteiger partial charge in [-0.3, -0.25) is 4.79 Å². The van der Waals surface area contributed by atoms with E-state index in [1.54, 1.807) is 0 Å². The number of benzene rings is 2. The Morgan fingerprint density at radius 1 is 1.13 bits per heavy atom. The monoisotopic (exact) mass is 334 g/mol. The standard InChI is InChI=1S/C18H22N2O2.ClH/c1-13(17(19)16-8-3-2-4-9-16)18(22)20-11-14-6-5-7-15(10-14)12-21;/h2-10,13,17,21H,11-12,19H2,1H3,(H,20,22);1H. The van der Waals surface area contributed by atoms with Gasteiger partial charge in [0, 0.05) is 12.6 Å². The van der Waals surface area contributed by atoms with Gasteiger partial charge in [0.2, 0.25) is 5.91 Å². The number of rotatable bonds is 6. The third-order valence-corrected chi connectivity index (χ3v) is 3.78. The maximum atomic E-state index is 12.2. The molecular formula is C18H23ClN2O2. The fourth-order valence-corrected chi connectivity index (χ4v) is 2.32. The Labute approximate surface area is 143 Å². The van der Waals surface area contributed by atoms with Crippen molar-refractivity contribution in [1.82, 2.24) is 5.32 Å². The second-order valence-electron chi connectivity index (χ2n) is 5.42. The summed E-state index contributed by atoms with van der Waals surface area (Å²) in [4.78, 5) is 12.2. The smallest absolute Gasteiger partial charge is 0.225 e. The molecule has 0 aliphatic rings. The largest absolute Gasteiger partial charge is 0.392 e. The predicted octanol–water partition coefficient (Wildman–Crippen LogP) is 2.55. The van der Waals surface area contributed by atoms with Gasteiger partial charge in [-0.05, 0) is 16.7 Å². The summed E-state index contributed by atoms with van der Waals surface area (Å²) >= 11 is 0. The fourth-order valence-electron chi connectivity index (χ4n) is 2.32. The molecular weight excluding hydrogens is 312 g/mol. The molecule has 4 N–H and O–H groups in total. The summed E-state index contributed by atoms with van der Waals surface area (Å²) in [6.07, 6.45) is 0. The van der Waals surface area contributed by atoms with Gasteiger partial charge in [0.05, 0.1) is 12.5 Å². The quantitative estimate of drug-likeness (QED) is 0.760. The Balaban J connectivity index is 0.00000264. The Bertz CT molecular complexity index is 619. The van der Waals surface area contributed by atoms with E-state index >= 15 is 0 Å². The second-order valence-corrected chi connectivity index (χ2v) is 5.42. The third-order valence-electron chi connectivity index (χ3n) is 3.78. The zero-order valence-corrected chi connectivity index (χ0v) is 13.9. The van der Waals surface area contributed by atoms with Crippen LogP contribution in [0.15, 0.2) is 54.6 Å². The lowest BCUT2D eigenvalue weighted by Crippen LogP contribution is -2.35. The normalized spacial score (nSPS) is 12.8. The molecule has 0 spiro atoms. The maximum Gasteiger partial charge on any atom is 0.225 e. The minimum Gasteiger partial charge on any atom is -0.392 e. The lowest BCUT2D eigenvalue weighted by Gasteiger charge is -2.20. The molecule has 1 amide bonds. The Morgan fingerprint density at radius 2 is 1.78 bits per heavy atom. The number of carbonyl (C=O) groups excluding carboxylic acids is 1. The lowest BCUT2D eigenvalue weighted by atomic mass is 9.94. The van der Waals surface area contributed by atoms with Crippen molar-refractivity contribution in [2.45, 2.75) is 26.1 Å². The maximum absolute atomic E-state index is 12.2. The highest BCUT2D eigenvalue weighted by Crippen LogP contribution is 2.19. The van der Waals surface area contributed by atoms with E-state index in [9.17, 15) is 4.79 Å². The minimum atomic E-state index is -0.329.